The van der Waals surface area contributed by atoms with Crippen LogP contribution in [-0.2, 0) is 11.3 Å². The topological polar surface area (TPSA) is 73.8 Å². The number of rotatable bonds is 6. The van der Waals surface area contributed by atoms with E-state index in [1.54, 1.807) is 12.1 Å². The van der Waals surface area contributed by atoms with Gasteiger partial charge < -0.3 is 15.3 Å². The summed E-state index contributed by atoms with van der Waals surface area (Å²) in [5, 5.41) is 10.8. The molecule has 2 aromatic carbocycles. The van der Waals surface area contributed by atoms with Crippen LogP contribution in [0.3, 0.4) is 0 Å². The highest BCUT2D eigenvalue weighted by molar-refractivity contribution is 5.74. The molecule has 0 aromatic heterocycles. The Balaban J connectivity index is 0.000000438. The van der Waals surface area contributed by atoms with Crippen molar-refractivity contribution in [1.29, 1.82) is 0 Å². The van der Waals surface area contributed by atoms with Gasteiger partial charge in [-0.05, 0) is 36.9 Å². The Kier molecular flexibility index (Phi) is 10.7. The molecule has 1 saturated heterocycles. The van der Waals surface area contributed by atoms with Crippen LogP contribution in [0.4, 0.5) is 0 Å². The highest BCUT2D eigenvalue weighted by atomic mass is 16.5. The Morgan fingerprint density at radius 2 is 1.59 bits per heavy atom. The van der Waals surface area contributed by atoms with Crippen LogP contribution in [0.25, 0.3) is 0 Å². The fourth-order valence-corrected chi connectivity index (χ4v) is 2.68. The minimum atomic E-state index is 0.608. The maximum absolute atomic E-state index is 10.6. The van der Waals surface area contributed by atoms with E-state index in [4.69, 9.17) is 9.94 Å². The molecule has 0 amide bonds. The molecule has 0 aliphatic carbocycles. The lowest BCUT2D eigenvalue weighted by Crippen LogP contribution is -2.35. The minimum Gasteiger partial charge on any atom is -0.379 e. The number of carbonyl (C=O) groups excluding carboxylic acids is 1. The third-order valence-corrected chi connectivity index (χ3v) is 4.35. The first-order chi connectivity index (χ1) is 14.2. The van der Waals surface area contributed by atoms with Crippen LogP contribution in [-0.4, -0.2) is 62.8 Å². The summed E-state index contributed by atoms with van der Waals surface area (Å²) in [7, 11) is 1.83. The van der Waals surface area contributed by atoms with Gasteiger partial charge in [0.25, 0.3) is 0 Å². The van der Waals surface area contributed by atoms with Gasteiger partial charge in [0, 0.05) is 49.4 Å². The molecular weight excluding hydrogens is 366 g/mol. The van der Waals surface area contributed by atoms with Crippen molar-refractivity contribution in [3.05, 3.63) is 70.8 Å². The average Bonchev–Trinajstić information content (AvgIpc) is 2.79. The summed E-state index contributed by atoms with van der Waals surface area (Å²) in [5.74, 6) is 6.28. The van der Waals surface area contributed by atoms with Crippen LogP contribution < -0.4 is 10.8 Å². The van der Waals surface area contributed by atoms with Crippen LogP contribution in [0, 0.1) is 11.8 Å². The van der Waals surface area contributed by atoms with Crippen molar-refractivity contribution < 1.29 is 14.7 Å². The van der Waals surface area contributed by atoms with Gasteiger partial charge in [-0.1, -0.05) is 36.1 Å². The lowest BCUT2D eigenvalue weighted by atomic mass is 10.1. The standard InChI is InChI=1S/C20H19NO2.C3H10N2O/c22-16-20-9-5-18(6-10-20)2-1-17-3-7-19(8-4-17)15-21-11-13-23-14-12-21;1-4-2-3-5-6/h3-10,16H,11-15H2;4-6H,2-3H2,1H3. The van der Waals surface area contributed by atoms with Gasteiger partial charge in [-0.25, -0.2) is 5.48 Å². The molecule has 3 N–H and O–H groups in total. The van der Waals surface area contributed by atoms with Gasteiger partial charge in [-0.3, -0.25) is 9.69 Å². The van der Waals surface area contributed by atoms with Gasteiger partial charge in [0.1, 0.15) is 6.29 Å². The van der Waals surface area contributed by atoms with Crippen LogP contribution in [0.1, 0.15) is 27.0 Å². The molecule has 1 heterocycles. The zero-order valence-corrected chi connectivity index (χ0v) is 16.9. The van der Waals surface area contributed by atoms with Crippen molar-refractivity contribution in [2.45, 2.75) is 6.54 Å². The van der Waals surface area contributed by atoms with Crippen molar-refractivity contribution in [2.75, 3.05) is 46.4 Å². The molecule has 1 fully saturated rings. The molecule has 2 aromatic rings. The Labute approximate surface area is 172 Å². The summed E-state index contributed by atoms with van der Waals surface area (Å²) in [6, 6.07) is 15.7. The highest BCUT2D eigenvalue weighted by Gasteiger charge is 2.10. The quantitative estimate of drug-likeness (QED) is 0.300. The third kappa shape index (κ3) is 9.01. The van der Waals surface area contributed by atoms with Crippen molar-refractivity contribution in [3.63, 3.8) is 0 Å². The number of carbonyl (C=O) groups is 1. The van der Waals surface area contributed by atoms with E-state index in [0.29, 0.717) is 12.1 Å². The van der Waals surface area contributed by atoms with Crippen LogP contribution in [0.15, 0.2) is 48.5 Å². The molecule has 1 aliphatic heterocycles. The first-order valence-corrected chi connectivity index (χ1v) is 9.73. The Morgan fingerprint density at radius 3 is 2.07 bits per heavy atom. The maximum atomic E-state index is 10.6. The van der Waals surface area contributed by atoms with E-state index in [0.717, 1.165) is 56.8 Å². The molecule has 1 aliphatic rings. The molecule has 0 unspecified atom stereocenters. The summed E-state index contributed by atoms with van der Waals surface area (Å²) >= 11 is 0. The molecule has 0 saturated carbocycles. The number of nitrogens with zero attached hydrogens (tertiary/aromatic N) is 1. The first kappa shape index (κ1) is 22.8. The minimum absolute atomic E-state index is 0.608. The van der Waals surface area contributed by atoms with Gasteiger partial charge >= 0.3 is 0 Å². The summed E-state index contributed by atoms with van der Waals surface area (Å²) in [5.41, 5.74) is 5.88. The Morgan fingerprint density at radius 1 is 1.00 bits per heavy atom. The number of nitrogens with one attached hydrogen (secondary N) is 2. The largest absolute Gasteiger partial charge is 0.379 e. The number of likely N-dealkylation sites (N-methyl/N-ethyl adjacent to an activating group) is 1. The Hall–Kier alpha value is -2.53. The number of morpholine rings is 1. The van der Waals surface area contributed by atoms with E-state index in [-0.39, 0.29) is 0 Å². The van der Waals surface area contributed by atoms with E-state index in [1.165, 1.54) is 5.56 Å². The van der Waals surface area contributed by atoms with E-state index >= 15 is 0 Å². The number of hydrogen-bond acceptors (Lipinski definition) is 6. The molecule has 0 bridgehead atoms. The second kappa shape index (κ2) is 13.6. The molecule has 6 nitrogen and oxygen atoms in total. The number of hydrogen-bond donors (Lipinski definition) is 3. The first-order valence-electron chi connectivity index (χ1n) is 9.73. The predicted molar refractivity (Wildman–Crippen MR) is 114 cm³/mol. The molecule has 3 rings (SSSR count). The van der Waals surface area contributed by atoms with Crippen molar-refractivity contribution in [2.24, 2.45) is 0 Å². The van der Waals surface area contributed by atoms with E-state index in [2.05, 4.69) is 46.3 Å². The summed E-state index contributed by atoms with van der Waals surface area (Å²) in [6.07, 6.45) is 0.838. The molecule has 29 heavy (non-hydrogen) atoms. The number of aldehydes is 1. The summed E-state index contributed by atoms with van der Waals surface area (Å²) < 4.78 is 5.37. The lowest BCUT2D eigenvalue weighted by molar-refractivity contribution is 0.0342. The highest BCUT2D eigenvalue weighted by Crippen LogP contribution is 2.09. The number of ether oxygens (including phenoxy) is 1. The molecule has 154 valence electrons. The molecule has 0 radical (unpaired) electrons. The van der Waals surface area contributed by atoms with E-state index < -0.39 is 0 Å². The molecular formula is C23H29N3O3. The Bertz CT molecular complexity index is 770. The van der Waals surface area contributed by atoms with E-state index in [1.807, 2.05) is 24.7 Å². The van der Waals surface area contributed by atoms with Crippen molar-refractivity contribution in [1.82, 2.24) is 15.7 Å². The monoisotopic (exact) mass is 395 g/mol. The second-order valence-electron chi connectivity index (χ2n) is 6.59. The number of benzene rings is 2. The summed E-state index contributed by atoms with van der Waals surface area (Å²) in [6.45, 7) is 6.02. The smallest absolute Gasteiger partial charge is 0.150 e. The second-order valence-corrected chi connectivity index (χ2v) is 6.59. The van der Waals surface area contributed by atoms with Crippen LogP contribution in [0.2, 0.25) is 0 Å². The van der Waals surface area contributed by atoms with Gasteiger partial charge in [-0.15, -0.1) is 0 Å². The normalized spacial score (nSPS) is 13.6. The maximum Gasteiger partial charge on any atom is 0.150 e. The van der Waals surface area contributed by atoms with Gasteiger partial charge in [0.05, 0.1) is 13.2 Å². The van der Waals surface area contributed by atoms with Crippen LogP contribution in [0.5, 0.6) is 0 Å². The van der Waals surface area contributed by atoms with Gasteiger partial charge in [0.2, 0.25) is 0 Å². The zero-order chi connectivity index (χ0) is 20.7. The van der Waals surface area contributed by atoms with Crippen molar-refractivity contribution in [3.8, 4) is 11.8 Å². The number of hydroxylamine groups is 1. The average molecular weight is 396 g/mol. The third-order valence-electron chi connectivity index (χ3n) is 4.35. The van der Waals surface area contributed by atoms with Crippen LogP contribution >= 0.6 is 0 Å². The predicted octanol–water partition coefficient (Wildman–Crippen LogP) is 1.92. The lowest BCUT2D eigenvalue weighted by Gasteiger charge is -2.26. The molecule has 0 atom stereocenters. The fraction of sp³-hybridized carbons (Fsp3) is 0.348. The SMILES string of the molecule is CNCCNO.O=Cc1ccc(C#Cc2ccc(CN3CCOCC3)cc2)cc1. The molecule has 0 spiro atoms. The fourth-order valence-electron chi connectivity index (χ4n) is 2.68. The van der Waals surface area contributed by atoms with Gasteiger partial charge in [-0.2, -0.15) is 0 Å². The van der Waals surface area contributed by atoms with Crippen molar-refractivity contribution >= 4 is 6.29 Å². The zero-order valence-electron chi connectivity index (χ0n) is 16.9. The summed E-state index contributed by atoms with van der Waals surface area (Å²) in [4.78, 5) is 13.0. The molecule has 6 heteroatoms. The van der Waals surface area contributed by atoms with E-state index in [9.17, 15) is 4.79 Å². The van der Waals surface area contributed by atoms with Gasteiger partial charge in [0.15, 0.2) is 0 Å².